The van der Waals surface area contributed by atoms with Gasteiger partial charge in [-0.15, -0.1) is 0 Å². The Kier molecular flexibility index (Phi) is 9.20. The zero-order valence-corrected chi connectivity index (χ0v) is 41.6. The fourth-order valence-corrected chi connectivity index (χ4v) is 14.2. The molecule has 0 saturated heterocycles. The van der Waals surface area contributed by atoms with Crippen LogP contribution in [-0.4, -0.2) is 0 Å². The molecule has 12 aromatic rings. The van der Waals surface area contributed by atoms with Crippen LogP contribution in [0.4, 0.5) is 34.1 Å². The van der Waals surface area contributed by atoms with Crippen LogP contribution in [0.25, 0.3) is 55.6 Å². The van der Waals surface area contributed by atoms with Crippen molar-refractivity contribution in [1.82, 2.24) is 0 Å². The molecule has 0 saturated carbocycles. The maximum atomic E-state index is 2.60. The smallest absolute Gasteiger partial charge is 0.0755 e. The van der Waals surface area contributed by atoms with Crippen LogP contribution < -0.4 is 9.80 Å². The third kappa shape index (κ3) is 5.70. The number of fused-ring (bicyclic) bond motifs is 19. The summed E-state index contributed by atoms with van der Waals surface area (Å²) in [5, 5.41) is 0. The van der Waals surface area contributed by atoms with E-state index in [0.717, 1.165) is 33.9 Å². The van der Waals surface area contributed by atoms with Crippen LogP contribution in [0.2, 0.25) is 0 Å². The first-order valence-corrected chi connectivity index (χ1v) is 26.5. The normalized spacial score (nSPS) is 14.0. The maximum Gasteiger partial charge on any atom is 0.0755 e. The van der Waals surface area contributed by atoms with Crippen molar-refractivity contribution in [1.29, 1.82) is 0 Å². The van der Waals surface area contributed by atoms with Crippen molar-refractivity contribution in [3.63, 3.8) is 0 Å². The fraction of sp³-hybridized carbons (Fsp3) is 0.0270. The van der Waals surface area contributed by atoms with Gasteiger partial charge < -0.3 is 9.80 Å². The third-order valence-electron chi connectivity index (χ3n) is 17.1. The molecule has 1 aliphatic heterocycles. The Morgan fingerprint density at radius 2 is 0.671 bits per heavy atom. The van der Waals surface area contributed by atoms with E-state index >= 15 is 0 Å². The molecule has 0 N–H and O–H groups in total. The molecule has 2 spiro atoms. The number of rotatable bonds is 6. The summed E-state index contributed by atoms with van der Waals surface area (Å²) in [6.45, 7) is 0. The van der Waals surface area contributed by atoms with Gasteiger partial charge in [-0.1, -0.05) is 237 Å². The van der Waals surface area contributed by atoms with Crippen LogP contribution >= 0.6 is 0 Å². The van der Waals surface area contributed by atoms with Gasteiger partial charge in [0, 0.05) is 22.5 Å². The van der Waals surface area contributed by atoms with E-state index in [0.29, 0.717) is 0 Å². The monoisotopic (exact) mass is 964 g/mol. The van der Waals surface area contributed by atoms with Crippen molar-refractivity contribution in [2.45, 2.75) is 10.8 Å². The van der Waals surface area contributed by atoms with E-state index in [1.807, 2.05) is 0 Å². The van der Waals surface area contributed by atoms with Gasteiger partial charge in [0.05, 0.1) is 33.6 Å². The Balaban J connectivity index is 0.998. The lowest BCUT2D eigenvalue weighted by atomic mass is 9.64. The summed E-state index contributed by atoms with van der Waals surface area (Å²) < 4.78 is 0. The highest BCUT2D eigenvalue weighted by atomic mass is 15.2. The Bertz CT molecular complexity index is 4210. The second-order valence-corrected chi connectivity index (χ2v) is 20.6. The number of para-hydroxylation sites is 4. The van der Waals surface area contributed by atoms with Crippen LogP contribution in [0.1, 0.15) is 44.5 Å². The summed E-state index contributed by atoms with van der Waals surface area (Å²) in [7, 11) is 0. The third-order valence-corrected chi connectivity index (χ3v) is 17.1. The highest BCUT2D eigenvalue weighted by Crippen LogP contribution is 2.67. The van der Waals surface area contributed by atoms with Gasteiger partial charge in [-0.3, -0.25) is 0 Å². The summed E-state index contributed by atoms with van der Waals surface area (Å²) in [6.07, 6.45) is 0. The predicted octanol–water partition coefficient (Wildman–Crippen LogP) is 19.0. The standard InChI is InChI=1S/C74H48N2/c1-3-23-49(24-4-1)50-25-21-26-51(47-50)54-29-11-18-41-68(54)76(53-45-46-58-57-32-9-14-36-62(57)73(67(58)48-53)60-34-12-7-30-55(60)56-31-8-13-35-61(56)73)71-44-22-40-66-72(71)59-33-10-15-37-63(59)74(66)64-38-16-19-42-69(64)75(52-27-5-2-6-28-52)70-43-20-17-39-65(70)74/h1-48H. The van der Waals surface area contributed by atoms with Gasteiger partial charge in [-0.2, -0.15) is 0 Å². The zero-order valence-electron chi connectivity index (χ0n) is 41.6. The topological polar surface area (TPSA) is 6.48 Å². The molecule has 0 atom stereocenters. The predicted molar refractivity (Wildman–Crippen MR) is 314 cm³/mol. The van der Waals surface area contributed by atoms with Gasteiger partial charge in [-0.05, 0) is 144 Å². The van der Waals surface area contributed by atoms with Gasteiger partial charge in [0.25, 0.3) is 0 Å². The molecule has 2 nitrogen and oxygen atoms in total. The Morgan fingerprint density at radius 1 is 0.250 bits per heavy atom. The van der Waals surface area contributed by atoms with Gasteiger partial charge in [0.2, 0.25) is 0 Å². The molecule has 0 bridgehead atoms. The molecule has 2 heteroatoms. The first kappa shape index (κ1) is 42.7. The molecule has 0 radical (unpaired) electrons. The summed E-state index contributed by atoms with van der Waals surface area (Å²) in [4.78, 5) is 5.06. The van der Waals surface area contributed by atoms with Crippen molar-refractivity contribution in [2.24, 2.45) is 0 Å². The molecule has 0 aromatic heterocycles. The highest BCUT2D eigenvalue weighted by Gasteiger charge is 2.54. The van der Waals surface area contributed by atoms with Gasteiger partial charge in [0.1, 0.15) is 0 Å². The molecular weight excluding hydrogens is 917 g/mol. The van der Waals surface area contributed by atoms with E-state index in [2.05, 4.69) is 301 Å². The Morgan fingerprint density at radius 3 is 1.30 bits per heavy atom. The SMILES string of the molecule is c1ccc(-c2cccc(-c3ccccc3N(c3ccc4c(c3)C3(c5ccccc5-c5ccccc53)c3ccccc3-4)c3cccc4c3-c3ccccc3C43c4ccccc4N(c4ccccc4)c4ccccc43)c2)cc1. The number of hydrogen-bond acceptors (Lipinski definition) is 2. The van der Waals surface area contributed by atoms with Crippen LogP contribution in [0.5, 0.6) is 0 Å². The number of anilines is 6. The summed E-state index contributed by atoms with van der Waals surface area (Å²) in [5.74, 6) is 0. The molecule has 0 fully saturated rings. The molecule has 0 unspecified atom stereocenters. The minimum absolute atomic E-state index is 0.514. The van der Waals surface area contributed by atoms with E-state index in [-0.39, 0.29) is 0 Å². The number of hydrogen-bond donors (Lipinski definition) is 0. The average molecular weight is 965 g/mol. The van der Waals surface area contributed by atoms with E-state index in [1.54, 1.807) is 0 Å². The van der Waals surface area contributed by atoms with Crippen LogP contribution in [0.15, 0.2) is 291 Å². The van der Waals surface area contributed by atoms with Gasteiger partial charge in [-0.25, -0.2) is 0 Å². The van der Waals surface area contributed by atoms with Crippen molar-refractivity contribution in [3.8, 4) is 55.6 Å². The molecule has 16 rings (SSSR count). The minimum atomic E-state index is -0.628. The van der Waals surface area contributed by atoms with Gasteiger partial charge in [0.15, 0.2) is 0 Å². The molecule has 1 heterocycles. The quantitative estimate of drug-likeness (QED) is 0.164. The van der Waals surface area contributed by atoms with Crippen molar-refractivity contribution in [3.05, 3.63) is 336 Å². The average Bonchev–Trinajstić information content (AvgIpc) is 4.11. The maximum absolute atomic E-state index is 2.60. The molecule has 76 heavy (non-hydrogen) atoms. The lowest BCUT2D eigenvalue weighted by Crippen LogP contribution is -2.36. The lowest BCUT2D eigenvalue weighted by molar-refractivity contribution is 0.752. The van der Waals surface area contributed by atoms with E-state index in [9.17, 15) is 0 Å². The summed E-state index contributed by atoms with van der Waals surface area (Å²) in [6, 6.07) is 109. The molecule has 354 valence electrons. The van der Waals surface area contributed by atoms with Crippen molar-refractivity contribution in [2.75, 3.05) is 9.80 Å². The second-order valence-electron chi connectivity index (χ2n) is 20.6. The largest absolute Gasteiger partial charge is 0.310 e. The zero-order chi connectivity index (χ0) is 50.0. The molecule has 4 aliphatic rings. The van der Waals surface area contributed by atoms with Crippen molar-refractivity contribution < 1.29 is 0 Å². The number of nitrogens with zero attached hydrogens (tertiary/aromatic N) is 2. The molecule has 3 aliphatic carbocycles. The first-order valence-electron chi connectivity index (χ1n) is 26.5. The van der Waals surface area contributed by atoms with Crippen molar-refractivity contribution >= 4 is 34.1 Å². The summed E-state index contributed by atoms with van der Waals surface area (Å²) in [5.41, 5.74) is 28.4. The van der Waals surface area contributed by atoms with E-state index < -0.39 is 10.8 Å². The Labute approximate surface area is 443 Å². The van der Waals surface area contributed by atoms with E-state index in [1.165, 1.54) is 100 Å². The first-order chi connectivity index (χ1) is 37.7. The summed E-state index contributed by atoms with van der Waals surface area (Å²) >= 11 is 0. The fourth-order valence-electron chi connectivity index (χ4n) is 14.2. The van der Waals surface area contributed by atoms with Crippen LogP contribution in [0, 0.1) is 0 Å². The van der Waals surface area contributed by atoms with Crippen LogP contribution in [0.3, 0.4) is 0 Å². The lowest BCUT2D eigenvalue weighted by Gasteiger charge is -2.45. The Hall–Kier alpha value is -9.76. The van der Waals surface area contributed by atoms with E-state index in [4.69, 9.17) is 0 Å². The second kappa shape index (κ2) is 16.4. The molecule has 12 aromatic carbocycles. The highest BCUT2D eigenvalue weighted by molar-refractivity contribution is 6.04. The minimum Gasteiger partial charge on any atom is -0.310 e. The molecular formula is C74H48N2. The molecule has 0 amide bonds. The van der Waals surface area contributed by atoms with Crippen LogP contribution in [-0.2, 0) is 10.8 Å². The van der Waals surface area contributed by atoms with Gasteiger partial charge >= 0.3 is 0 Å². The number of benzene rings is 12.